The number of amides is 2. The molecule has 0 fully saturated rings. The molecule has 3 aromatic rings. The SMILES string of the molecule is C[C@@H]1Oc2ccc(NC(=O)c3ccc(Cl)c(Cl)c3)cc2CN(Cc2ccccc2F)C1=O. The normalized spacial score (nSPS) is 15.6. The number of benzene rings is 3. The number of anilines is 1. The number of hydrogen-bond donors (Lipinski definition) is 1. The molecule has 164 valence electrons. The molecule has 0 bridgehead atoms. The third kappa shape index (κ3) is 4.71. The molecule has 8 heteroatoms. The molecule has 3 aromatic carbocycles. The van der Waals surface area contributed by atoms with Crippen LogP contribution in [0.2, 0.25) is 10.0 Å². The van der Waals surface area contributed by atoms with E-state index in [0.29, 0.717) is 33.1 Å². The lowest BCUT2D eigenvalue weighted by Crippen LogP contribution is -2.37. The Morgan fingerprint density at radius 2 is 1.91 bits per heavy atom. The van der Waals surface area contributed by atoms with E-state index in [1.807, 2.05) is 0 Å². The first kappa shape index (κ1) is 22.1. The highest BCUT2D eigenvalue weighted by Crippen LogP contribution is 2.30. The lowest BCUT2D eigenvalue weighted by atomic mass is 10.1. The third-order valence-corrected chi connectivity index (χ3v) is 5.88. The van der Waals surface area contributed by atoms with Gasteiger partial charge in [-0.15, -0.1) is 0 Å². The molecule has 0 aromatic heterocycles. The number of carbonyl (C=O) groups excluding carboxylic acids is 2. The minimum Gasteiger partial charge on any atom is -0.481 e. The molecule has 2 amide bonds. The fourth-order valence-corrected chi connectivity index (χ4v) is 3.78. The van der Waals surface area contributed by atoms with Crippen LogP contribution in [0.1, 0.15) is 28.4 Å². The van der Waals surface area contributed by atoms with Gasteiger partial charge >= 0.3 is 0 Å². The first-order valence-corrected chi connectivity index (χ1v) is 10.7. The number of ether oxygens (including phenoxy) is 1. The number of fused-ring (bicyclic) bond motifs is 1. The van der Waals surface area contributed by atoms with Crippen LogP contribution in [0.25, 0.3) is 0 Å². The zero-order chi connectivity index (χ0) is 22.8. The molecular weight excluding hydrogens is 454 g/mol. The van der Waals surface area contributed by atoms with Crippen molar-refractivity contribution in [3.63, 3.8) is 0 Å². The van der Waals surface area contributed by atoms with E-state index < -0.39 is 6.10 Å². The fourth-order valence-electron chi connectivity index (χ4n) is 3.48. The van der Waals surface area contributed by atoms with Crippen molar-refractivity contribution in [2.24, 2.45) is 0 Å². The summed E-state index contributed by atoms with van der Waals surface area (Å²) in [6, 6.07) is 16.1. The van der Waals surface area contributed by atoms with Crippen LogP contribution in [-0.2, 0) is 17.9 Å². The molecule has 1 aliphatic rings. The Hall–Kier alpha value is -3.09. The van der Waals surface area contributed by atoms with Gasteiger partial charge in [-0.1, -0.05) is 41.4 Å². The molecule has 32 heavy (non-hydrogen) atoms. The molecule has 0 aliphatic carbocycles. The van der Waals surface area contributed by atoms with Gasteiger partial charge in [-0.3, -0.25) is 9.59 Å². The average molecular weight is 473 g/mol. The Morgan fingerprint density at radius 1 is 1.12 bits per heavy atom. The number of nitrogens with zero attached hydrogens (tertiary/aromatic N) is 1. The van der Waals surface area contributed by atoms with Crippen molar-refractivity contribution in [2.75, 3.05) is 5.32 Å². The van der Waals surface area contributed by atoms with Gasteiger partial charge in [0, 0.05) is 35.5 Å². The predicted octanol–water partition coefficient (Wildman–Crippen LogP) is 5.69. The van der Waals surface area contributed by atoms with Gasteiger partial charge in [0.2, 0.25) is 0 Å². The fraction of sp³-hybridized carbons (Fsp3) is 0.167. The Labute approximate surface area is 194 Å². The van der Waals surface area contributed by atoms with Crippen molar-refractivity contribution in [3.8, 4) is 5.75 Å². The van der Waals surface area contributed by atoms with Gasteiger partial charge < -0.3 is 15.0 Å². The maximum Gasteiger partial charge on any atom is 0.263 e. The van der Waals surface area contributed by atoms with Gasteiger partial charge in [0.15, 0.2) is 6.10 Å². The van der Waals surface area contributed by atoms with Crippen LogP contribution in [0.4, 0.5) is 10.1 Å². The number of rotatable bonds is 4. The van der Waals surface area contributed by atoms with Crippen LogP contribution in [0, 0.1) is 5.82 Å². The molecule has 0 spiro atoms. The second-order valence-electron chi connectivity index (χ2n) is 7.45. The predicted molar refractivity (Wildman–Crippen MR) is 122 cm³/mol. The molecule has 0 unspecified atom stereocenters. The van der Waals surface area contributed by atoms with E-state index in [-0.39, 0.29) is 35.7 Å². The van der Waals surface area contributed by atoms with Crippen LogP contribution < -0.4 is 10.1 Å². The maximum absolute atomic E-state index is 14.2. The van der Waals surface area contributed by atoms with Crippen molar-refractivity contribution in [1.82, 2.24) is 4.90 Å². The first-order valence-electron chi connectivity index (χ1n) is 9.90. The highest BCUT2D eigenvalue weighted by atomic mass is 35.5. The number of hydrogen-bond acceptors (Lipinski definition) is 3. The number of nitrogens with one attached hydrogen (secondary N) is 1. The van der Waals surface area contributed by atoms with E-state index in [4.69, 9.17) is 27.9 Å². The number of carbonyl (C=O) groups is 2. The Morgan fingerprint density at radius 3 is 2.66 bits per heavy atom. The van der Waals surface area contributed by atoms with E-state index in [9.17, 15) is 14.0 Å². The van der Waals surface area contributed by atoms with Gasteiger partial charge in [-0.05, 0) is 49.4 Å². The summed E-state index contributed by atoms with van der Waals surface area (Å²) in [6.07, 6.45) is -0.723. The molecule has 5 nitrogen and oxygen atoms in total. The summed E-state index contributed by atoms with van der Waals surface area (Å²) in [5.74, 6) is -0.438. The Bertz CT molecular complexity index is 1200. The second kappa shape index (κ2) is 9.18. The topological polar surface area (TPSA) is 58.6 Å². The lowest BCUT2D eigenvalue weighted by molar-refractivity contribution is -0.138. The molecule has 0 saturated carbocycles. The quantitative estimate of drug-likeness (QED) is 0.530. The van der Waals surface area contributed by atoms with E-state index in [2.05, 4.69) is 5.32 Å². The summed E-state index contributed by atoms with van der Waals surface area (Å²) < 4.78 is 20.0. The van der Waals surface area contributed by atoms with E-state index in [0.717, 1.165) is 0 Å². The zero-order valence-electron chi connectivity index (χ0n) is 17.1. The summed E-state index contributed by atoms with van der Waals surface area (Å²) in [7, 11) is 0. The van der Waals surface area contributed by atoms with Crippen LogP contribution in [0.5, 0.6) is 5.75 Å². The highest BCUT2D eigenvalue weighted by Gasteiger charge is 2.28. The van der Waals surface area contributed by atoms with Crippen molar-refractivity contribution in [3.05, 3.63) is 93.2 Å². The third-order valence-electron chi connectivity index (χ3n) is 5.14. The first-order chi connectivity index (χ1) is 15.3. The van der Waals surface area contributed by atoms with E-state index in [1.54, 1.807) is 60.4 Å². The monoisotopic (exact) mass is 472 g/mol. The minimum absolute atomic E-state index is 0.110. The standard InChI is InChI=1S/C24H19Cl2FN2O3/c1-14-24(31)29(12-16-4-2-3-5-21(16)27)13-17-10-18(7-9-22(17)32-14)28-23(30)15-6-8-19(25)20(26)11-15/h2-11,14H,12-13H2,1H3,(H,28,30)/t14-/m0/s1. The summed E-state index contributed by atoms with van der Waals surface area (Å²) in [5.41, 5.74) is 2.00. The summed E-state index contributed by atoms with van der Waals surface area (Å²) in [5, 5.41) is 3.46. The van der Waals surface area contributed by atoms with Crippen LogP contribution >= 0.6 is 23.2 Å². The molecule has 1 atom stereocenters. The molecule has 1 N–H and O–H groups in total. The molecule has 0 saturated heterocycles. The van der Waals surface area contributed by atoms with Gasteiger partial charge in [-0.25, -0.2) is 4.39 Å². The highest BCUT2D eigenvalue weighted by molar-refractivity contribution is 6.42. The van der Waals surface area contributed by atoms with Crippen molar-refractivity contribution in [1.29, 1.82) is 0 Å². The Kier molecular flexibility index (Phi) is 6.35. The lowest BCUT2D eigenvalue weighted by Gasteiger charge is -2.22. The maximum atomic E-state index is 14.2. The summed E-state index contributed by atoms with van der Waals surface area (Å²) in [4.78, 5) is 27.0. The summed E-state index contributed by atoms with van der Waals surface area (Å²) in [6.45, 7) is 1.98. The van der Waals surface area contributed by atoms with Gasteiger partial charge in [0.25, 0.3) is 11.8 Å². The number of halogens is 3. The van der Waals surface area contributed by atoms with E-state index in [1.165, 1.54) is 12.1 Å². The van der Waals surface area contributed by atoms with Gasteiger partial charge in [0.05, 0.1) is 10.0 Å². The molecule has 1 aliphatic heterocycles. The van der Waals surface area contributed by atoms with Crippen LogP contribution in [-0.4, -0.2) is 22.8 Å². The van der Waals surface area contributed by atoms with Crippen LogP contribution in [0.3, 0.4) is 0 Å². The second-order valence-corrected chi connectivity index (χ2v) is 8.27. The zero-order valence-corrected chi connectivity index (χ0v) is 18.6. The van der Waals surface area contributed by atoms with Crippen LogP contribution in [0.15, 0.2) is 60.7 Å². The molecule has 4 rings (SSSR count). The van der Waals surface area contributed by atoms with Gasteiger partial charge in [-0.2, -0.15) is 0 Å². The van der Waals surface area contributed by atoms with E-state index >= 15 is 0 Å². The van der Waals surface area contributed by atoms with Crippen molar-refractivity contribution in [2.45, 2.75) is 26.1 Å². The average Bonchev–Trinajstić information content (AvgIpc) is 2.88. The van der Waals surface area contributed by atoms with Crippen molar-refractivity contribution >= 4 is 40.7 Å². The molecule has 0 radical (unpaired) electrons. The molecular formula is C24H19Cl2FN2O3. The smallest absolute Gasteiger partial charge is 0.263 e. The minimum atomic E-state index is -0.723. The largest absolute Gasteiger partial charge is 0.481 e. The summed E-state index contributed by atoms with van der Waals surface area (Å²) >= 11 is 11.9. The van der Waals surface area contributed by atoms with Crippen molar-refractivity contribution < 1.29 is 18.7 Å². The Balaban J connectivity index is 1.58. The molecule has 1 heterocycles. The van der Waals surface area contributed by atoms with Gasteiger partial charge in [0.1, 0.15) is 11.6 Å².